The maximum atomic E-state index is 9.23. The molecule has 98 valence electrons. The lowest BCUT2D eigenvalue weighted by atomic mass is 10.2. The molecule has 0 aliphatic carbocycles. The Morgan fingerprint density at radius 1 is 1.12 bits per heavy atom. The highest BCUT2D eigenvalue weighted by atomic mass is 16.3. The minimum absolute atomic E-state index is 0.255. The van der Waals surface area contributed by atoms with E-state index in [0.29, 0.717) is 0 Å². The van der Waals surface area contributed by atoms with Crippen LogP contribution in [0.4, 0.5) is 0 Å². The van der Waals surface area contributed by atoms with Crippen molar-refractivity contribution in [1.82, 2.24) is 10.2 Å². The van der Waals surface area contributed by atoms with Crippen LogP contribution < -0.4 is 5.32 Å². The van der Waals surface area contributed by atoms with Crippen molar-refractivity contribution in [3.8, 4) is 0 Å². The van der Waals surface area contributed by atoms with Crippen molar-refractivity contribution in [2.75, 3.05) is 32.8 Å². The number of unbranched alkanes of at least 4 members (excludes halogenated alkanes) is 1. The molecule has 0 aromatic carbocycles. The molecule has 0 aromatic heterocycles. The average molecular weight is 230 g/mol. The molecule has 1 atom stereocenters. The first-order valence-corrected chi connectivity index (χ1v) is 6.84. The van der Waals surface area contributed by atoms with Crippen LogP contribution in [0.2, 0.25) is 0 Å². The topological polar surface area (TPSA) is 35.5 Å². The second-order valence-electron chi connectivity index (χ2n) is 4.41. The summed E-state index contributed by atoms with van der Waals surface area (Å²) in [6.07, 6.45) is 4.71. The van der Waals surface area contributed by atoms with Crippen LogP contribution in [-0.4, -0.2) is 48.8 Å². The van der Waals surface area contributed by atoms with Gasteiger partial charge in [-0.15, -0.1) is 0 Å². The van der Waals surface area contributed by atoms with Crippen molar-refractivity contribution >= 4 is 0 Å². The van der Waals surface area contributed by atoms with E-state index in [-0.39, 0.29) is 12.6 Å². The van der Waals surface area contributed by atoms with Gasteiger partial charge >= 0.3 is 0 Å². The van der Waals surface area contributed by atoms with Crippen LogP contribution in [0, 0.1) is 0 Å². The van der Waals surface area contributed by atoms with Crippen molar-refractivity contribution in [3.63, 3.8) is 0 Å². The van der Waals surface area contributed by atoms with Gasteiger partial charge in [-0.25, -0.2) is 0 Å². The van der Waals surface area contributed by atoms with Crippen molar-refractivity contribution < 1.29 is 5.11 Å². The monoisotopic (exact) mass is 230 g/mol. The van der Waals surface area contributed by atoms with E-state index in [2.05, 4.69) is 31.0 Å². The number of rotatable bonds is 11. The Morgan fingerprint density at radius 3 is 2.38 bits per heavy atom. The Bertz CT molecular complexity index is 126. The van der Waals surface area contributed by atoms with Crippen LogP contribution in [-0.2, 0) is 0 Å². The van der Waals surface area contributed by atoms with Gasteiger partial charge in [-0.1, -0.05) is 27.2 Å². The number of hydrogen-bond donors (Lipinski definition) is 2. The maximum absolute atomic E-state index is 9.23. The molecular weight excluding hydrogens is 200 g/mol. The predicted octanol–water partition coefficient (Wildman–Crippen LogP) is 1.86. The molecule has 0 aliphatic heterocycles. The summed E-state index contributed by atoms with van der Waals surface area (Å²) in [6, 6.07) is 0.274. The molecule has 3 heteroatoms. The fraction of sp³-hybridized carbons (Fsp3) is 1.00. The molecule has 0 bridgehead atoms. The first kappa shape index (κ1) is 15.9. The number of nitrogens with one attached hydrogen (secondary N) is 1. The molecule has 0 radical (unpaired) electrons. The van der Waals surface area contributed by atoms with Gasteiger partial charge in [0.25, 0.3) is 0 Å². The van der Waals surface area contributed by atoms with E-state index in [1.165, 1.54) is 19.4 Å². The minimum atomic E-state index is 0.255. The Morgan fingerprint density at radius 2 is 1.88 bits per heavy atom. The number of aliphatic hydroxyl groups excluding tert-OH is 1. The van der Waals surface area contributed by atoms with Gasteiger partial charge < -0.3 is 15.3 Å². The van der Waals surface area contributed by atoms with Crippen molar-refractivity contribution in [3.05, 3.63) is 0 Å². The predicted molar refractivity (Wildman–Crippen MR) is 70.8 cm³/mol. The lowest BCUT2D eigenvalue weighted by Crippen LogP contribution is -2.37. The van der Waals surface area contributed by atoms with E-state index in [0.717, 1.165) is 32.5 Å². The standard InChI is InChI=1S/C13H30N2O/c1-4-7-10-15(6-3)11-8-13(12-16)14-9-5-2/h13-14,16H,4-12H2,1-3H3. The van der Waals surface area contributed by atoms with E-state index in [9.17, 15) is 5.11 Å². The third-order valence-electron chi connectivity index (χ3n) is 2.97. The van der Waals surface area contributed by atoms with Crippen LogP contribution in [0.1, 0.15) is 46.5 Å². The van der Waals surface area contributed by atoms with E-state index < -0.39 is 0 Å². The van der Waals surface area contributed by atoms with Gasteiger partial charge in [0.05, 0.1) is 6.61 Å². The van der Waals surface area contributed by atoms with Gasteiger partial charge in [-0.2, -0.15) is 0 Å². The molecular formula is C13H30N2O. The number of hydrogen-bond acceptors (Lipinski definition) is 3. The normalized spacial score (nSPS) is 13.3. The largest absolute Gasteiger partial charge is 0.395 e. The smallest absolute Gasteiger partial charge is 0.0585 e. The molecule has 3 nitrogen and oxygen atoms in total. The lowest BCUT2D eigenvalue weighted by Gasteiger charge is -2.23. The molecule has 0 saturated heterocycles. The Kier molecular flexibility index (Phi) is 11.3. The quantitative estimate of drug-likeness (QED) is 0.569. The SMILES string of the molecule is CCCCN(CC)CCC(CO)NCCC. The second kappa shape index (κ2) is 11.4. The maximum Gasteiger partial charge on any atom is 0.0585 e. The van der Waals surface area contributed by atoms with E-state index in [1.807, 2.05) is 0 Å². The molecule has 0 fully saturated rings. The lowest BCUT2D eigenvalue weighted by molar-refractivity contribution is 0.208. The molecule has 2 N–H and O–H groups in total. The van der Waals surface area contributed by atoms with Gasteiger partial charge in [0.2, 0.25) is 0 Å². The van der Waals surface area contributed by atoms with E-state index in [4.69, 9.17) is 0 Å². The zero-order valence-corrected chi connectivity index (χ0v) is 11.3. The molecule has 0 aromatic rings. The van der Waals surface area contributed by atoms with E-state index in [1.54, 1.807) is 0 Å². The van der Waals surface area contributed by atoms with Gasteiger partial charge in [-0.05, 0) is 45.4 Å². The summed E-state index contributed by atoms with van der Waals surface area (Å²) in [4.78, 5) is 2.47. The highest BCUT2D eigenvalue weighted by molar-refractivity contribution is 4.68. The van der Waals surface area contributed by atoms with Gasteiger partial charge in [0.1, 0.15) is 0 Å². The van der Waals surface area contributed by atoms with Crippen LogP contribution >= 0.6 is 0 Å². The molecule has 0 amide bonds. The third-order valence-corrected chi connectivity index (χ3v) is 2.97. The van der Waals surface area contributed by atoms with Gasteiger partial charge in [-0.3, -0.25) is 0 Å². The summed E-state index contributed by atoms with van der Waals surface area (Å²) in [6.45, 7) is 11.3. The molecule has 0 heterocycles. The summed E-state index contributed by atoms with van der Waals surface area (Å²) >= 11 is 0. The summed E-state index contributed by atoms with van der Waals surface area (Å²) in [5, 5.41) is 12.6. The molecule has 0 aliphatic rings. The zero-order chi connectivity index (χ0) is 12.2. The highest BCUT2D eigenvalue weighted by Gasteiger charge is 2.08. The van der Waals surface area contributed by atoms with Crippen LogP contribution in [0.25, 0.3) is 0 Å². The number of aliphatic hydroxyl groups is 1. The summed E-state index contributed by atoms with van der Waals surface area (Å²) < 4.78 is 0. The first-order valence-electron chi connectivity index (χ1n) is 6.84. The molecule has 0 rings (SSSR count). The Hall–Kier alpha value is -0.120. The fourth-order valence-electron chi connectivity index (χ4n) is 1.75. The van der Waals surface area contributed by atoms with Gasteiger partial charge in [0.15, 0.2) is 0 Å². The average Bonchev–Trinajstić information content (AvgIpc) is 2.33. The summed E-state index contributed by atoms with van der Waals surface area (Å²) in [5.41, 5.74) is 0. The highest BCUT2D eigenvalue weighted by Crippen LogP contribution is 1.99. The van der Waals surface area contributed by atoms with Crippen molar-refractivity contribution in [1.29, 1.82) is 0 Å². The fourth-order valence-corrected chi connectivity index (χ4v) is 1.75. The van der Waals surface area contributed by atoms with E-state index >= 15 is 0 Å². The minimum Gasteiger partial charge on any atom is -0.395 e. The van der Waals surface area contributed by atoms with Crippen LogP contribution in [0.5, 0.6) is 0 Å². The molecule has 1 unspecified atom stereocenters. The zero-order valence-electron chi connectivity index (χ0n) is 11.3. The Labute approximate surface area is 101 Å². The van der Waals surface area contributed by atoms with Crippen molar-refractivity contribution in [2.45, 2.75) is 52.5 Å². The molecule has 0 saturated carbocycles. The first-order chi connectivity index (χ1) is 7.78. The Balaban J connectivity index is 3.69. The van der Waals surface area contributed by atoms with Crippen LogP contribution in [0.15, 0.2) is 0 Å². The number of nitrogens with zero attached hydrogens (tertiary/aromatic N) is 1. The summed E-state index contributed by atoms with van der Waals surface area (Å²) in [7, 11) is 0. The third kappa shape index (κ3) is 8.08. The summed E-state index contributed by atoms with van der Waals surface area (Å²) in [5.74, 6) is 0. The second-order valence-corrected chi connectivity index (χ2v) is 4.41. The molecule has 0 spiro atoms. The van der Waals surface area contributed by atoms with Gasteiger partial charge in [0, 0.05) is 6.04 Å². The van der Waals surface area contributed by atoms with Crippen molar-refractivity contribution in [2.24, 2.45) is 0 Å². The van der Waals surface area contributed by atoms with Crippen LogP contribution in [0.3, 0.4) is 0 Å². The molecule has 16 heavy (non-hydrogen) atoms.